The Balaban J connectivity index is 2.45. The van der Waals surface area contributed by atoms with Gasteiger partial charge in [0.05, 0.1) is 18.2 Å². The molecule has 1 heterocycles. The largest absolute Gasteiger partial charge is 0.382 e. The lowest BCUT2D eigenvalue weighted by molar-refractivity contribution is 0.211. The molecule has 0 aliphatic carbocycles. The second kappa shape index (κ2) is 4.23. The Bertz CT molecular complexity index is 512. The third-order valence-corrected chi connectivity index (χ3v) is 2.73. The van der Waals surface area contributed by atoms with Gasteiger partial charge in [0.1, 0.15) is 11.9 Å². The van der Waals surface area contributed by atoms with Crippen LogP contribution in [0.3, 0.4) is 0 Å². The Morgan fingerprint density at radius 1 is 1.50 bits per heavy atom. The Morgan fingerprint density at radius 3 is 2.88 bits per heavy atom. The molecule has 0 radical (unpaired) electrons. The second-order valence-electron chi connectivity index (χ2n) is 3.50. The number of rotatable bonds is 2. The first-order chi connectivity index (χ1) is 7.59. The topological polar surface area (TPSA) is 38.0 Å². The summed E-state index contributed by atoms with van der Waals surface area (Å²) in [6.45, 7) is 0. The standard InChI is InChI=1S/C11H10ClFN2O/c1-15-6-14-5-10(15)11(16)8-4-7(13)2-3-9(8)12/h2-6,11,16H,1H3. The number of halogens is 2. The van der Waals surface area contributed by atoms with Gasteiger partial charge in [-0.15, -0.1) is 0 Å². The third-order valence-electron chi connectivity index (χ3n) is 2.39. The van der Waals surface area contributed by atoms with Crippen LogP contribution in [0.15, 0.2) is 30.7 Å². The summed E-state index contributed by atoms with van der Waals surface area (Å²) in [7, 11) is 1.75. The van der Waals surface area contributed by atoms with Crippen LogP contribution < -0.4 is 0 Å². The molecule has 0 spiro atoms. The molecule has 0 saturated heterocycles. The van der Waals surface area contributed by atoms with Crippen molar-refractivity contribution in [3.05, 3.63) is 52.8 Å². The zero-order chi connectivity index (χ0) is 11.7. The highest BCUT2D eigenvalue weighted by Crippen LogP contribution is 2.28. The molecule has 0 fully saturated rings. The van der Waals surface area contributed by atoms with Crippen LogP contribution in [0.25, 0.3) is 0 Å². The number of aromatic nitrogens is 2. The summed E-state index contributed by atoms with van der Waals surface area (Å²) in [5.74, 6) is -0.430. The molecule has 2 rings (SSSR count). The summed E-state index contributed by atoms with van der Waals surface area (Å²) in [5.41, 5.74) is 0.901. The van der Waals surface area contributed by atoms with Crippen LogP contribution in [0.1, 0.15) is 17.4 Å². The maximum Gasteiger partial charge on any atom is 0.123 e. The zero-order valence-electron chi connectivity index (χ0n) is 8.56. The van der Waals surface area contributed by atoms with Crippen LogP contribution in [0.2, 0.25) is 5.02 Å². The highest BCUT2D eigenvalue weighted by Gasteiger charge is 2.17. The lowest BCUT2D eigenvalue weighted by Gasteiger charge is -2.13. The van der Waals surface area contributed by atoms with E-state index in [9.17, 15) is 9.50 Å². The van der Waals surface area contributed by atoms with E-state index < -0.39 is 11.9 Å². The predicted molar refractivity (Wildman–Crippen MR) is 58.7 cm³/mol. The van der Waals surface area contributed by atoms with Gasteiger partial charge in [-0.25, -0.2) is 9.37 Å². The minimum Gasteiger partial charge on any atom is -0.382 e. The molecule has 84 valence electrons. The number of imidazole rings is 1. The number of benzene rings is 1. The maximum atomic E-state index is 13.1. The number of aryl methyl sites for hydroxylation is 1. The molecule has 2 aromatic rings. The van der Waals surface area contributed by atoms with Crippen LogP contribution in [-0.2, 0) is 7.05 Å². The summed E-state index contributed by atoms with van der Waals surface area (Å²) < 4.78 is 14.7. The second-order valence-corrected chi connectivity index (χ2v) is 3.90. The van der Waals surface area contributed by atoms with E-state index in [1.807, 2.05) is 0 Å². The van der Waals surface area contributed by atoms with Gasteiger partial charge in [0.15, 0.2) is 0 Å². The first-order valence-electron chi connectivity index (χ1n) is 4.69. The quantitative estimate of drug-likeness (QED) is 0.875. The van der Waals surface area contributed by atoms with Gasteiger partial charge in [-0.1, -0.05) is 11.6 Å². The molecule has 16 heavy (non-hydrogen) atoms. The zero-order valence-corrected chi connectivity index (χ0v) is 9.32. The van der Waals surface area contributed by atoms with Gasteiger partial charge in [-0.3, -0.25) is 0 Å². The van der Waals surface area contributed by atoms with Gasteiger partial charge in [0, 0.05) is 17.6 Å². The number of hydrogen-bond donors (Lipinski definition) is 1. The average Bonchev–Trinajstić information content (AvgIpc) is 2.67. The first-order valence-corrected chi connectivity index (χ1v) is 5.06. The van der Waals surface area contributed by atoms with Crippen LogP contribution in [-0.4, -0.2) is 14.7 Å². The molecule has 0 saturated carbocycles. The molecule has 1 atom stereocenters. The Morgan fingerprint density at radius 2 is 2.25 bits per heavy atom. The van der Waals surface area contributed by atoms with Gasteiger partial charge in [0.25, 0.3) is 0 Å². The van der Waals surface area contributed by atoms with Crippen molar-refractivity contribution in [1.29, 1.82) is 0 Å². The van der Waals surface area contributed by atoms with Crippen molar-refractivity contribution in [2.24, 2.45) is 7.05 Å². The summed E-state index contributed by atoms with van der Waals surface area (Å²) >= 11 is 5.90. The molecule has 5 heteroatoms. The van der Waals surface area contributed by atoms with Crippen molar-refractivity contribution in [1.82, 2.24) is 9.55 Å². The maximum absolute atomic E-state index is 13.1. The molecular formula is C11H10ClFN2O. The van der Waals surface area contributed by atoms with E-state index >= 15 is 0 Å². The van der Waals surface area contributed by atoms with E-state index in [0.717, 1.165) is 0 Å². The fraction of sp³-hybridized carbons (Fsp3) is 0.182. The molecule has 1 unspecified atom stereocenters. The van der Waals surface area contributed by atoms with Crippen LogP contribution in [0, 0.1) is 5.82 Å². The molecule has 0 aliphatic heterocycles. The molecule has 1 aromatic carbocycles. The summed E-state index contributed by atoms with van der Waals surface area (Å²) in [6.07, 6.45) is 2.10. The van der Waals surface area contributed by atoms with Gasteiger partial charge < -0.3 is 9.67 Å². The summed E-state index contributed by atoms with van der Waals surface area (Å²) in [4.78, 5) is 3.89. The van der Waals surface area contributed by atoms with Gasteiger partial charge >= 0.3 is 0 Å². The third kappa shape index (κ3) is 1.94. The molecule has 1 aromatic heterocycles. The van der Waals surface area contributed by atoms with E-state index in [1.165, 1.54) is 24.4 Å². The lowest BCUT2D eigenvalue weighted by Crippen LogP contribution is -2.06. The number of nitrogens with zero attached hydrogens (tertiary/aromatic N) is 2. The smallest absolute Gasteiger partial charge is 0.123 e. The van der Waals surface area contributed by atoms with Crippen molar-refractivity contribution >= 4 is 11.6 Å². The SMILES string of the molecule is Cn1cncc1C(O)c1cc(F)ccc1Cl. The van der Waals surface area contributed by atoms with E-state index in [1.54, 1.807) is 17.9 Å². The van der Waals surface area contributed by atoms with Crippen molar-refractivity contribution in [2.75, 3.05) is 0 Å². The predicted octanol–water partition coefficient (Wildman–Crippen LogP) is 2.29. The van der Waals surface area contributed by atoms with Gasteiger partial charge in [-0.2, -0.15) is 0 Å². The lowest BCUT2D eigenvalue weighted by atomic mass is 10.1. The summed E-state index contributed by atoms with van der Waals surface area (Å²) in [5, 5.41) is 10.4. The summed E-state index contributed by atoms with van der Waals surface area (Å²) in [6, 6.07) is 3.90. The number of aliphatic hydroxyl groups is 1. The molecule has 1 N–H and O–H groups in total. The fourth-order valence-corrected chi connectivity index (χ4v) is 1.74. The Hall–Kier alpha value is -1.39. The molecule has 0 amide bonds. The van der Waals surface area contributed by atoms with Gasteiger partial charge in [0.2, 0.25) is 0 Å². The van der Waals surface area contributed by atoms with Crippen molar-refractivity contribution in [2.45, 2.75) is 6.10 Å². The van der Waals surface area contributed by atoms with Gasteiger partial charge in [-0.05, 0) is 18.2 Å². The monoisotopic (exact) mass is 240 g/mol. The van der Waals surface area contributed by atoms with Crippen LogP contribution >= 0.6 is 11.6 Å². The van der Waals surface area contributed by atoms with Crippen molar-refractivity contribution < 1.29 is 9.50 Å². The van der Waals surface area contributed by atoms with E-state index in [-0.39, 0.29) is 0 Å². The van der Waals surface area contributed by atoms with Crippen molar-refractivity contribution in [3.8, 4) is 0 Å². The Labute approximate surface area is 97.1 Å². The fourth-order valence-electron chi connectivity index (χ4n) is 1.51. The normalized spacial score (nSPS) is 12.8. The average molecular weight is 241 g/mol. The first kappa shape index (κ1) is 11.1. The minimum atomic E-state index is -0.976. The molecule has 0 bridgehead atoms. The number of hydrogen-bond acceptors (Lipinski definition) is 2. The van der Waals surface area contributed by atoms with E-state index in [4.69, 9.17) is 11.6 Å². The Kier molecular flexibility index (Phi) is 2.94. The molecule has 0 aliphatic rings. The molecular weight excluding hydrogens is 231 g/mol. The molecule has 3 nitrogen and oxygen atoms in total. The number of aliphatic hydroxyl groups excluding tert-OH is 1. The van der Waals surface area contributed by atoms with E-state index in [0.29, 0.717) is 16.3 Å². The van der Waals surface area contributed by atoms with Crippen LogP contribution in [0.5, 0.6) is 0 Å². The van der Waals surface area contributed by atoms with E-state index in [2.05, 4.69) is 4.98 Å². The minimum absolute atomic E-state index is 0.329. The highest BCUT2D eigenvalue weighted by molar-refractivity contribution is 6.31. The highest BCUT2D eigenvalue weighted by atomic mass is 35.5. The van der Waals surface area contributed by atoms with Crippen molar-refractivity contribution in [3.63, 3.8) is 0 Å². The van der Waals surface area contributed by atoms with Crippen LogP contribution in [0.4, 0.5) is 4.39 Å².